The van der Waals surface area contributed by atoms with Crippen molar-refractivity contribution in [2.45, 2.75) is 26.0 Å². The lowest BCUT2D eigenvalue weighted by molar-refractivity contribution is -0.0154. The molecule has 0 radical (unpaired) electrons. The lowest BCUT2D eigenvalue weighted by Gasteiger charge is -2.35. The Labute approximate surface area is 149 Å². The first kappa shape index (κ1) is 17.9. The molecule has 4 heteroatoms. The second-order valence-electron chi connectivity index (χ2n) is 6.79. The topological polar surface area (TPSA) is 50.7 Å². The van der Waals surface area contributed by atoms with Crippen LogP contribution in [0.4, 0.5) is 0 Å². The zero-order valence-corrected chi connectivity index (χ0v) is 14.6. The Bertz CT molecular complexity index is 621. The highest BCUT2D eigenvalue weighted by Gasteiger charge is 2.31. The molecule has 4 nitrogen and oxygen atoms in total. The fraction of sp³-hybridized carbons (Fsp3) is 0.429. The minimum absolute atomic E-state index is 0.0308. The molecule has 2 N–H and O–H groups in total. The van der Waals surface area contributed by atoms with Crippen molar-refractivity contribution in [1.29, 1.82) is 0 Å². The van der Waals surface area contributed by atoms with Gasteiger partial charge in [0.25, 0.3) is 0 Å². The molecule has 1 saturated heterocycles. The highest BCUT2D eigenvalue weighted by molar-refractivity contribution is 5.27. The van der Waals surface area contributed by atoms with Crippen LogP contribution in [0.1, 0.15) is 24.0 Å². The Morgan fingerprint density at radius 3 is 2.36 bits per heavy atom. The molecule has 3 rings (SSSR count). The monoisotopic (exact) mass is 341 g/mol. The van der Waals surface area contributed by atoms with E-state index < -0.39 is 0 Å². The quantitative estimate of drug-likeness (QED) is 0.774. The minimum Gasteiger partial charge on any atom is -0.489 e. The molecule has 0 aromatic heterocycles. The Morgan fingerprint density at radius 1 is 0.960 bits per heavy atom. The first-order valence-electron chi connectivity index (χ1n) is 8.95. The van der Waals surface area contributed by atoms with Crippen molar-refractivity contribution in [1.82, 2.24) is 5.32 Å². The summed E-state index contributed by atoms with van der Waals surface area (Å²) < 4.78 is 11.2. The predicted octanol–water partition coefficient (Wildman–Crippen LogP) is 3.14. The lowest BCUT2D eigenvalue weighted by atomic mass is 9.81. The summed E-state index contributed by atoms with van der Waals surface area (Å²) in [4.78, 5) is 0. The summed E-state index contributed by atoms with van der Waals surface area (Å²) in [7, 11) is 0. The zero-order chi connectivity index (χ0) is 17.4. The van der Waals surface area contributed by atoms with E-state index in [0.29, 0.717) is 6.61 Å². The lowest BCUT2D eigenvalue weighted by Crippen LogP contribution is -2.41. The SMILES string of the molecule is OCC1(CNCc2ccc(OCc3ccccc3)cc2)CCOCC1. The van der Waals surface area contributed by atoms with Gasteiger partial charge in [-0.3, -0.25) is 0 Å². The summed E-state index contributed by atoms with van der Waals surface area (Å²) in [5, 5.41) is 13.2. The van der Waals surface area contributed by atoms with Crippen LogP contribution in [-0.2, 0) is 17.9 Å². The van der Waals surface area contributed by atoms with Gasteiger partial charge in [0.15, 0.2) is 0 Å². The van der Waals surface area contributed by atoms with E-state index in [0.717, 1.165) is 44.9 Å². The van der Waals surface area contributed by atoms with Gasteiger partial charge in [0, 0.05) is 31.7 Å². The van der Waals surface area contributed by atoms with Gasteiger partial charge in [-0.25, -0.2) is 0 Å². The normalized spacial score (nSPS) is 16.5. The van der Waals surface area contributed by atoms with E-state index in [2.05, 4.69) is 29.6 Å². The van der Waals surface area contributed by atoms with Crippen molar-refractivity contribution in [2.75, 3.05) is 26.4 Å². The Morgan fingerprint density at radius 2 is 1.68 bits per heavy atom. The summed E-state index contributed by atoms with van der Waals surface area (Å²) in [6, 6.07) is 18.4. The molecule has 0 amide bonds. The number of ether oxygens (including phenoxy) is 2. The number of nitrogens with one attached hydrogen (secondary N) is 1. The Kier molecular flexibility index (Phi) is 6.45. The van der Waals surface area contributed by atoms with Gasteiger partial charge in [-0.05, 0) is 36.1 Å². The van der Waals surface area contributed by atoms with E-state index >= 15 is 0 Å². The molecule has 0 saturated carbocycles. The van der Waals surface area contributed by atoms with E-state index in [-0.39, 0.29) is 12.0 Å². The van der Waals surface area contributed by atoms with Crippen LogP contribution in [0, 0.1) is 5.41 Å². The Hall–Kier alpha value is -1.88. The molecular weight excluding hydrogens is 314 g/mol. The van der Waals surface area contributed by atoms with Crippen LogP contribution in [0.15, 0.2) is 54.6 Å². The van der Waals surface area contributed by atoms with Crippen LogP contribution in [0.2, 0.25) is 0 Å². The van der Waals surface area contributed by atoms with Gasteiger partial charge in [-0.1, -0.05) is 42.5 Å². The summed E-state index contributed by atoms with van der Waals surface area (Å²) in [6.45, 7) is 3.90. The third-order valence-electron chi connectivity index (χ3n) is 4.89. The highest BCUT2D eigenvalue weighted by Crippen LogP contribution is 2.29. The largest absolute Gasteiger partial charge is 0.489 e. The van der Waals surface area contributed by atoms with E-state index in [1.165, 1.54) is 11.1 Å². The van der Waals surface area contributed by atoms with Crippen molar-refractivity contribution in [3.63, 3.8) is 0 Å². The van der Waals surface area contributed by atoms with E-state index in [4.69, 9.17) is 9.47 Å². The van der Waals surface area contributed by atoms with Gasteiger partial charge in [-0.15, -0.1) is 0 Å². The third-order valence-corrected chi connectivity index (χ3v) is 4.89. The fourth-order valence-corrected chi connectivity index (χ4v) is 3.11. The molecule has 2 aromatic carbocycles. The first-order chi connectivity index (χ1) is 12.3. The van der Waals surface area contributed by atoms with Gasteiger partial charge >= 0.3 is 0 Å². The van der Waals surface area contributed by atoms with Crippen LogP contribution in [0.5, 0.6) is 5.75 Å². The molecular formula is C21H27NO3. The minimum atomic E-state index is -0.0308. The molecule has 25 heavy (non-hydrogen) atoms. The highest BCUT2D eigenvalue weighted by atomic mass is 16.5. The Balaban J connectivity index is 1.44. The van der Waals surface area contributed by atoms with Crippen LogP contribution < -0.4 is 10.1 Å². The van der Waals surface area contributed by atoms with Gasteiger partial charge in [0.2, 0.25) is 0 Å². The number of rotatable bonds is 8. The molecule has 0 aliphatic carbocycles. The van der Waals surface area contributed by atoms with Crippen molar-refractivity contribution < 1.29 is 14.6 Å². The van der Waals surface area contributed by atoms with Crippen LogP contribution in [0.3, 0.4) is 0 Å². The van der Waals surface area contributed by atoms with Crippen LogP contribution in [0.25, 0.3) is 0 Å². The van der Waals surface area contributed by atoms with Crippen LogP contribution in [-0.4, -0.2) is 31.5 Å². The molecule has 2 aromatic rings. The molecule has 0 unspecified atom stereocenters. The molecule has 0 atom stereocenters. The standard InChI is InChI=1S/C21H27NO3/c23-17-21(10-12-24-13-11-21)16-22-14-18-6-8-20(9-7-18)25-15-19-4-2-1-3-5-19/h1-9,22-23H,10-17H2. The van der Waals surface area contributed by atoms with Crippen LogP contribution >= 0.6 is 0 Å². The summed E-state index contributed by atoms with van der Waals surface area (Å²) in [5.41, 5.74) is 2.35. The molecule has 1 heterocycles. The molecule has 134 valence electrons. The average Bonchev–Trinajstić information content (AvgIpc) is 2.69. The van der Waals surface area contributed by atoms with Gasteiger partial charge < -0.3 is 19.9 Å². The van der Waals surface area contributed by atoms with E-state index in [1.807, 2.05) is 30.3 Å². The number of aliphatic hydroxyl groups is 1. The molecule has 0 bridgehead atoms. The molecule has 1 fully saturated rings. The summed E-state index contributed by atoms with van der Waals surface area (Å²) in [6.07, 6.45) is 1.84. The maximum absolute atomic E-state index is 9.72. The summed E-state index contributed by atoms with van der Waals surface area (Å²) in [5.74, 6) is 0.879. The second-order valence-corrected chi connectivity index (χ2v) is 6.79. The molecule has 1 aliphatic rings. The maximum Gasteiger partial charge on any atom is 0.119 e. The van der Waals surface area contributed by atoms with Crippen molar-refractivity contribution in [3.05, 3.63) is 65.7 Å². The third kappa shape index (κ3) is 5.30. The number of hydrogen-bond donors (Lipinski definition) is 2. The molecule has 0 spiro atoms. The zero-order valence-electron chi connectivity index (χ0n) is 14.6. The number of aliphatic hydroxyl groups excluding tert-OH is 1. The predicted molar refractivity (Wildman–Crippen MR) is 98.5 cm³/mol. The van der Waals surface area contributed by atoms with E-state index in [1.54, 1.807) is 0 Å². The van der Waals surface area contributed by atoms with Crippen molar-refractivity contribution >= 4 is 0 Å². The van der Waals surface area contributed by atoms with Gasteiger partial charge in [-0.2, -0.15) is 0 Å². The van der Waals surface area contributed by atoms with E-state index in [9.17, 15) is 5.11 Å². The van der Waals surface area contributed by atoms with Crippen molar-refractivity contribution in [3.8, 4) is 5.75 Å². The van der Waals surface area contributed by atoms with Crippen molar-refractivity contribution in [2.24, 2.45) is 5.41 Å². The number of hydrogen-bond acceptors (Lipinski definition) is 4. The van der Waals surface area contributed by atoms with Gasteiger partial charge in [0.05, 0.1) is 6.61 Å². The fourth-order valence-electron chi connectivity index (χ4n) is 3.11. The number of benzene rings is 2. The first-order valence-corrected chi connectivity index (χ1v) is 8.95. The average molecular weight is 341 g/mol. The smallest absolute Gasteiger partial charge is 0.119 e. The molecule has 1 aliphatic heterocycles. The maximum atomic E-state index is 9.72. The summed E-state index contributed by atoms with van der Waals surface area (Å²) >= 11 is 0. The van der Waals surface area contributed by atoms with Gasteiger partial charge in [0.1, 0.15) is 12.4 Å². The second kappa shape index (κ2) is 8.99.